The van der Waals surface area contributed by atoms with Crippen molar-refractivity contribution in [1.29, 1.82) is 5.26 Å². The van der Waals surface area contributed by atoms with Gasteiger partial charge in [-0.05, 0) is 35.7 Å². The minimum Gasteiger partial charge on any atom is -0.377 e. The molecule has 0 bridgehead atoms. The zero-order valence-corrected chi connectivity index (χ0v) is 13.0. The first-order valence-corrected chi connectivity index (χ1v) is 7.71. The molecule has 0 aliphatic heterocycles. The first kappa shape index (κ1) is 15.8. The molecule has 2 aromatic rings. The highest BCUT2D eigenvalue weighted by Crippen LogP contribution is 2.12. The van der Waals surface area contributed by atoms with E-state index < -0.39 is 0 Å². The van der Waals surface area contributed by atoms with Gasteiger partial charge >= 0.3 is 0 Å². The van der Waals surface area contributed by atoms with Crippen LogP contribution in [0.1, 0.15) is 22.3 Å². The van der Waals surface area contributed by atoms with Gasteiger partial charge in [-0.25, -0.2) is 0 Å². The lowest BCUT2D eigenvalue weighted by Gasteiger charge is -2.00. The Balaban J connectivity index is 1.97. The van der Waals surface area contributed by atoms with Crippen LogP contribution in [0.2, 0.25) is 0 Å². The maximum Gasteiger partial charge on any atom is 0.180 e. The van der Waals surface area contributed by atoms with E-state index in [2.05, 4.69) is 16.3 Å². The summed E-state index contributed by atoms with van der Waals surface area (Å²) in [6.07, 6.45) is 1.62. The summed E-state index contributed by atoms with van der Waals surface area (Å²) in [4.78, 5) is 0. The fourth-order valence-corrected chi connectivity index (χ4v) is 2.37. The lowest BCUT2D eigenvalue weighted by Crippen LogP contribution is -2.06. The van der Waals surface area contributed by atoms with Crippen LogP contribution in [0.4, 0.5) is 0 Å². The van der Waals surface area contributed by atoms with E-state index in [9.17, 15) is 0 Å². The van der Waals surface area contributed by atoms with Gasteiger partial charge in [-0.1, -0.05) is 48.2 Å². The Labute approximate surface area is 134 Å². The van der Waals surface area contributed by atoms with E-state index in [1.165, 1.54) is 17.3 Å². The van der Waals surface area contributed by atoms with Crippen LogP contribution < -0.4 is 5.73 Å². The maximum atomic E-state index is 8.90. The SMILES string of the molecule is Cc1ccc(C#N)cc1C=NN=C(N)SCc1ccccc1. The van der Waals surface area contributed by atoms with Gasteiger partial charge in [0.1, 0.15) is 0 Å². The Morgan fingerprint density at radius 2 is 2.05 bits per heavy atom. The van der Waals surface area contributed by atoms with E-state index in [1.54, 1.807) is 18.3 Å². The molecule has 110 valence electrons. The first-order chi connectivity index (χ1) is 10.7. The molecule has 2 rings (SSSR count). The molecule has 2 N–H and O–H groups in total. The molecule has 0 unspecified atom stereocenters. The summed E-state index contributed by atoms with van der Waals surface area (Å²) in [5, 5.41) is 17.3. The normalized spacial score (nSPS) is 11.5. The molecule has 0 aliphatic rings. The smallest absolute Gasteiger partial charge is 0.180 e. The Hall–Kier alpha value is -2.58. The summed E-state index contributed by atoms with van der Waals surface area (Å²) < 4.78 is 0. The predicted molar refractivity (Wildman–Crippen MR) is 92.8 cm³/mol. The van der Waals surface area contributed by atoms with Crippen molar-refractivity contribution >= 4 is 23.1 Å². The Kier molecular flexibility index (Phi) is 5.75. The number of benzene rings is 2. The quantitative estimate of drug-likeness (QED) is 0.534. The van der Waals surface area contributed by atoms with Crippen LogP contribution in [0.25, 0.3) is 0 Å². The molecule has 0 saturated carbocycles. The Bertz CT molecular complexity index is 730. The third kappa shape index (κ3) is 4.76. The second-order valence-corrected chi connectivity index (χ2v) is 5.64. The fraction of sp³-hybridized carbons (Fsp3) is 0.118. The Morgan fingerprint density at radius 1 is 1.27 bits per heavy atom. The fourth-order valence-electron chi connectivity index (χ4n) is 1.76. The highest BCUT2D eigenvalue weighted by atomic mass is 32.2. The summed E-state index contributed by atoms with van der Waals surface area (Å²) in [5.41, 5.74) is 9.51. The second kappa shape index (κ2) is 8.01. The minimum absolute atomic E-state index is 0.411. The summed E-state index contributed by atoms with van der Waals surface area (Å²) >= 11 is 1.44. The number of aryl methyl sites for hydroxylation is 1. The van der Waals surface area contributed by atoms with Crippen LogP contribution in [0, 0.1) is 18.3 Å². The van der Waals surface area contributed by atoms with Gasteiger partial charge in [-0.2, -0.15) is 10.4 Å². The number of thioether (sulfide) groups is 1. The van der Waals surface area contributed by atoms with Crippen molar-refractivity contribution in [2.24, 2.45) is 15.9 Å². The molecule has 0 aromatic heterocycles. The summed E-state index contributed by atoms with van der Waals surface area (Å²) in [6.45, 7) is 1.96. The van der Waals surface area contributed by atoms with Crippen molar-refractivity contribution in [2.75, 3.05) is 0 Å². The molecule has 5 heteroatoms. The number of nitrogens with zero attached hydrogens (tertiary/aromatic N) is 3. The molecule has 0 spiro atoms. The second-order valence-electron chi connectivity index (χ2n) is 4.64. The molecule has 0 radical (unpaired) electrons. The third-order valence-corrected chi connectivity index (χ3v) is 3.85. The molecule has 4 nitrogen and oxygen atoms in total. The van der Waals surface area contributed by atoms with E-state index >= 15 is 0 Å². The number of hydrogen-bond donors (Lipinski definition) is 1. The highest BCUT2D eigenvalue weighted by molar-refractivity contribution is 8.13. The third-order valence-electron chi connectivity index (χ3n) is 2.99. The molecular weight excluding hydrogens is 292 g/mol. The average Bonchev–Trinajstić information content (AvgIpc) is 2.55. The van der Waals surface area contributed by atoms with E-state index in [1.807, 2.05) is 43.3 Å². The lowest BCUT2D eigenvalue weighted by molar-refractivity contribution is 1.24. The van der Waals surface area contributed by atoms with Gasteiger partial charge in [0.25, 0.3) is 0 Å². The highest BCUT2D eigenvalue weighted by Gasteiger charge is 1.98. The molecule has 0 saturated heterocycles. The van der Waals surface area contributed by atoms with Crippen LogP contribution in [-0.4, -0.2) is 11.4 Å². The summed E-state index contributed by atoms with van der Waals surface area (Å²) in [5.74, 6) is 0.759. The number of amidine groups is 1. The van der Waals surface area contributed by atoms with Gasteiger partial charge in [0.05, 0.1) is 17.8 Å². The molecule has 0 fully saturated rings. The zero-order valence-electron chi connectivity index (χ0n) is 12.2. The maximum absolute atomic E-state index is 8.90. The van der Waals surface area contributed by atoms with Gasteiger partial charge in [-0.3, -0.25) is 0 Å². The molecular formula is C17H16N4S. The number of hydrogen-bond acceptors (Lipinski definition) is 4. The van der Waals surface area contributed by atoms with Crippen LogP contribution >= 0.6 is 11.8 Å². The van der Waals surface area contributed by atoms with Gasteiger partial charge < -0.3 is 5.73 Å². The van der Waals surface area contributed by atoms with Crippen molar-refractivity contribution in [3.8, 4) is 6.07 Å². The largest absolute Gasteiger partial charge is 0.377 e. The molecule has 0 amide bonds. The van der Waals surface area contributed by atoms with E-state index in [0.29, 0.717) is 10.7 Å². The van der Waals surface area contributed by atoms with Gasteiger partial charge in [0.15, 0.2) is 5.17 Å². The van der Waals surface area contributed by atoms with Crippen LogP contribution in [0.15, 0.2) is 58.7 Å². The topological polar surface area (TPSA) is 74.5 Å². The van der Waals surface area contributed by atoms with Crippen molar-refractivity contribution < 1.29 is 0 Å². The van der Waals surface area contributed by atoms with Gasteiger partial charge in [0.2, 0.25) is 0 Å². The summed E-state index contributed by atoms with van der Waals surface area (Å²) in [6, 6.07) is 17.6. The molecule has 0 aliphatic carbocycles. The van der Waals surface area contributed by atoms with Crippen LogP contribution in [0.3, 0.4) is 0 Å². The van der Waals surface area contributed by atoms with E-state index in [4.69, 9.17) is 11.0 Å². The van der Waals surface area contributed by atoms with E-state index in [0.717, 1.165) is 16.9 Å². The monoisotopic (exact) mass is 308 g/mol. The first-order valence-electron chi connectivity index (χ1n) is 6.73. The predicted octanol–water partition coefficient (Wildman–Crippen LogP) is 3.45. The molecule has 0 atom stereocenters. The van der Waals surface area contributed by atoms with Crippen molar-refractivity contribution in [3.63, 3.8) is 0 Å². The Morgan fingerprint density at radius 3 is 2.77 bits per heavy atom. The van der Waals surface area contributed by atoms with Gasteiger partial charge in [0, 0.05) is 5.75 Å². The lowest BCUT2D eigenvalue weighted by atomic mass is 10.1. The van der Waals surface area contributed by atoms with Crippen LogP contribution in [0.5, 0.6) is 0 Å². The standard InChI is InChI=1S/C17H16N4S/c1-13-7-8-15(10-18)9-16(13)11-20-21-17(19)22-12-14-5-3-2-4-6-14/h2-9,11H,12H2,1H3,(H2,19,21). The van der Waals surface area contributed by atoms with Gasteiger partial charge in [-0.15, -0.1) is 5.10 Å². The minimum atomic E-state index is 0.411. The van der Waals surface area contributed by atoms with E-state index in [-0.39, 0.29) is 0 Å². The molecule has 2 aromatic carbocycles. The molecule has 22 heavy (non-hydrogen) atoms. The zero-order chi connectivity index (χ0) is 15.8. The number of rotatable bonds is 4. The number of nitriles is 1. The average molecular weight is 308 g/mol. The number of nitrogens with two attached hydrogens (primary N) is 1. The van der Waals surface area contributed by atoms with Crippen molar-refractivity contribution in [2.45, 2.75) is 12.7 Å². The van der Waals surface area contributed by atoms with Crippen molar-refractivity contribution in [1.82, 2.24) is 0 Å². The van der Waals surface area contributed by atoms with Crippen LogP contribution in [-0.2, 0) is 5.75 Å². The summed E-state index contributed by atoms with van der Waals surface area (Å²) in [7, 11) is 0. The van der Waals surface area contributed by atoms with Crippen molar-refractivity contribution in [3.05, 3.63) is 70.8 Å². The molecule has 0 heterocycles.